The van der Waals surface area contributed by atoms with Crippen LogP contribution in [-0.4, -0.2) is 29.4 Å². The number of nitrogens with zero attached hydrogens (tertiary/aromatic N) is 3. The van der Waals surface area contributed by atoms with Crippen LogP contribution in [0.4, 0.5) is 21.8 Å². The molecule has 0 unspecified atom stereocenters. The molecule has 7 nitrogen and oxygen atoms in total. The first kappa shape index (κ1) is 17.4. The molecule has 134 valence electrons. The molecule has 0 saturated carbocycles. The average Bonchev–Trinajstić information content (AvgIpc) is 2.67. The molecule has 0 bridgehead atoms. The van der Waals surface area contributed by atoms with Gasteiger partial charge >= 0.3 is 0 Å². The first-order valence-electron chi connectivity index (χ1n) is 7.85. The van der Waals surface area contributed by atoms with Gasteiger partial charge in [-0.2, -0.15) is 10.1 Å². The number of ether oxygens (including phenoxy) is 2. The van der Waals surface area contributed by atoms with Crippen molar-refractivity contribution in [2.45, 2.75) is 6.54 Å². The van der Waals surface area contributed by atoms with Crippen molar-refractivity contribution in [3.63, 3.8) is 0 Å². The third-order valence-electron chi connectivity index (χ3n) is 3.61. The molecule has 2 N–H and O–H groups in total. The fourth-order valence-electron chi connectivity index (χ4n) is 2.32. The second-order valence-electron chi connectivity index (χ2n) is 5.30. The minimum absolute atomic E-state index is 0.258. The lowest BCUT2D eigenvalue weighted by molar-refractivity contribution is 0.355. The molecule has 26 heavy (non-hydrogen) atoms. The Bertz CT molecular complexity index is 891. The molecule has 0 atom stereocenters. The van der Waals surface area contributed by atoms with Crippen LogP contribution in [0, 0.1) is 5.82 Å². The third kappa shape index (κ3) is 4.15. The number of hydrogen-bond acceptors (Lipinski definition) is 7. The molecule has 3 rings (SSSR count). The SMILES string of the molecule is COc1ccc(Nc2cnnc(NCc3ccccc3F)n2)cc1OC. The van der Waals surface area contributed by atoms with E-state index in [4.69, 9.17) is 9.47 Å². The van der Waals surface area contributed by atoms with Gasteiger partial charge in [0.1, 0.15) is 5.82 Å². The average molecular weight is 355 g/mol. The van der Waals surface area contributed by atoms with Crippen molar-refractivity contribution in [1.29, 1.82) is 0 Å². The standard InChI is InChI=1S/C18H18FN5O2/c1-25-15-8-7-13(9-16(15)26-2)22-17-11-21-24-18(23-17)20-10-12-5-3-4-6-14(12)19/h3-9,11H,10H2,1-2H3,(H2,20,22,23,24). The number of rotatable bonds is 7. The largest absolute Gasteiger partial charge is 0.493 e. The Morgan fingerprint density at radius 1 is 1.04 bits per heavy atom. The summed E-state index contributed by atoms with van der Waals surface area (Å²) >= 11 is 0. The van der Waals surface area contributed by atoms with Crippen molar-refractivity contribution < 1.29 is 13.9 Å². The van der Waals surface area contributed by atoms with Crippen molar-refractivity contribution in [3.8, 4) is 11.5 Å². The lowest BCUT2D eigenvalue weighted by Gasteiger charge is -2.11. The predicted molar refractivity (Wildman–Crippen MR) is 96.4 cm³/mol. The minimum atomic E-state index is -0.285. The quantitative estimate of drug-likeness (QED) is 0.672. The van der Waals surface area contributed by atoms with Crippen LogP contribution in [0.1, 0.15) is 5.56 Å². The Kier molecular flexibility index (Phi) is 5.43. The van der Waals surface area contributed by atoms with Crippen LogP contribution in [0.15, 0.2) is 48.7 Å². The summed E-state index contributed by atoms with van der Waals surface area (Å²) in [4.78, 5) is 4.32. The Hall–Kier alpha value is -3.42. The van der Waals surface area contributed by atoms with Crippen LogP contribution in [0.2, 0.25) is 0 Å². The van der Waals surface area contributed by atoms with Gasteiger partial charge in [-0.3, -0.25) is 0 Å². The molecular formula is C18H18FN5O2. The lowest BCUT2D eigenvalue weighted by atomic mass is 10.2. The maximum absolute atomic E-state index is 13.7. The summed E-state index contributed by atoms with van der Waals surface area (Å²) in [5.74, 6) is 1.72. The normalized spacial score (nSPS) is 10.3. The van der Waals surface area contributed by atoms with E-state index >= 15 is 0 Å². The number of nitrogens with one attached hydrogen (secondary N) is 2. The van der Waals surface area contributed by atoms with Crippen molar-refractivity contribution in [2.75, 3.05) is 24.9 Å². The molecule has 3 aromatic rings. The Labute approximate surface area is 150 Å². The van der Waals surface area contributed by atoms with E-state index in [9.17, 15) is 4.39 Å². The van der Waals surface area contributed by atoms with E-state index < -0.39 is 0 Å². The summed E-state index contributed by atoms with van der Waals surface area (Å²) in [7, 11) is 3.14. The molecule has 0 amide bonds. The van der Waals surface area contributed by atoms with Gasteiger partial charge in [0.25, 0.3) is 0 Å². The van der Waals surface area contributed by atoms with Crippen molar-refractivity contribution in [1.82, 2.24) is 15.2 Å². The second kappa shape index (κ2) is 8.11. The highest BCUT2D eigenvalue weighted by Crippen LogP contribution is 2.30. The Morgan fingerprint density at radius 2 is 1.85 bits per heavy atom. The fraction of sp³-hybridized carbons (Fsp3) is 0.167. The van der Waals surface area contributed by atoms with E-state index in [-0.39, 0.29) is 12.4 Å². The lowest BCUT2D eigenvalue weighted by Crippen LogP contribution is -2.07. The highest BCUT2D eigenvalue weighted by atomic mass is 19.1. The molecule has 0 aliphatic heterocycles. The molecule has 0 saturated heterocycles. The number of aromatic nitrogens is 3. The number of benzene rings is 2. The zero-order chi connectivity index (χ0) is 18.4. The van der Waals surface area contributed by atoms with Crippen LogP contribution in [0.5, 0.6) is 11.5 Å². The van der Waals surface area contributed by atoms with Gasteiger partial charge in [-0.15, -0.1) is 5.10 Å². The molecule has 0 aliphatic rings. The van der Waals surface area contributed by atoms with Gasteiger partial charge < -0.3 is 20.1 Å². The molecule has 0 spiro atoms. The molecular weight excluding hydrogens is 337 g/mol. The van der Waals surface area contributed by atoms with Crippen molar-refractivity contribution in [2.24, 2.45) is 0 Å². The zero-order valence-corrected chi connectivity index (χ0v) is 14.4. The van der Waals surface area contributed by atoms with Crippen LogP contribution in [0.3, 0.4) is 0 Å². The summed E-state index contributed by atoms with van der Waals surface area (Å²) in [5, 5.41) is 13.9. The summed E-state index contributed by atoms with van der Waals surface area (Å²) < 4.78 is 24.2. The zero-order valence-electron chi connectivity index (χ0n) is 14.4. The monoisotopic (exact) mass is 355 g/mol. The van der Waals surface area contributed by atoms with E-state index in [1.165, 1.54) is 12.3 Å². The van der Waals surface area contributed by atoms with Gasteiger partial charge in [0.2, 0.25) is 5.95 Å². The maximum atomic E-state index is 13.7. The first-order valence-corrected chi connectivity index (χ1v) is 7.85. The molecule has 0 radical (unpaired) electrons. The Morgan fingerprint density at radius 3 is 2.62 bits per heavy atom. The van der Waals surface area contributed by atoms with Crippen LogP contribution in [-0.2, 0) is 6.54 Å². The van der Waals surface area contributed by atoms with E-state index in [1.54, 1.807) is 44.6 Å². The number of anilines is 3. The molecule has 1 heterocycles. The molecule has 0 aliphatic carbocycles. The summed E-state index contributed by atoms with van der Waals surface area (Å²) in [6.07, 6.45) is 1.49. The second-order valence-corrected chi connectivity index (χ2v) is 5.30. The van der Waals surface area contributed by atoms with Crippen molar-refractivity contribution >= 4 is 17.5 Å². The molecule has 8 heteroatoms. The summed E-state index contributed by atoms with van der Waals surface area (Å²) in [6.45, 7) is 0.258. The number of methoxy groups -OCH3 is 2. The highest BCUT2D eigenvalue weighted by molar-refractivity contribution is 5.61. The summed E-state index contributed by atoms with van der Waals surface area (Å²) in [5.41, 5.74) is 1.28. The van der Waals surface area contributed by atoms with E-state index in [2.05, 4.69) is 25.8 Å². The summed E-state index contributed by atoms with van der Waals surface area (Å²) in [6, 6.07) is 11.9. The van der Waals surface area contributed by atoms with Gasteiger partial charge in [-0.1, -0.05) is 18.2 Å². The highest BCUT2D eigenvalue weighted by Gasteiger charge is 2.07. The molecule has 0 fully saturated rings. The van der Waals surface area contributed by atoms with E-state index in [0.717, 1.165) is 5.69 Å². The van der Waals surface area contributed by atoms with Gasteiger partial charge in [0, 0.05) is 23.9 Å². The molecule has 1 aromatic heterocycles. The van der Waals surface area contributed by atoms with E-state index in [1.807, 2.05) is 6.07 Å². The number of hydrogen-bond donors (Lipinski definition) is 2. The van der Waals surface area contributed by atoms with Gasteiger partial charge in [0.15, 0.2) is 17.3 Å². The van der Waals surface area contributed by atoms with Gasteiger partial charge in [-0.05, 0) is 18.2 Å². The smallest absolute Gasteiger partial charge is 0.244 e. The predicted octanol–water partition coefficient (Wildman–Crippen LogP) is 3.38. The minimum Gasteiger partial charge on any atom is -0.493 e. The fourth-order valence-corrected chi connectivity index (χ4v) is 2.32. The number of halogens is 1. The van der Waals surface area contributed by atoms with Gasteiger partial charge in [-0.25, -0.2) is 4.39 Å². The topological polar surface area (TPSA) is 81.2 Å². The van der Waals surface area contributed by atoms with Crippen LogP contribution < -0.4 is 20.1 Å². The van der Waals surface area contributed by atoms with Crippen molar-refractivity contribution in [3.05, 3.63) is 60.0 Å². The maximum Gasteiger partial charge on any atom is 0.244 e. The van der Waals surface area contributed by atoms with E-state index in [0.29, 0.717) is 28.8 Å². The van der Waals surface area contributed by atoms with Gasteiger partial charge in [0.05, 0.1) is 20.4 Å². The molecule has 2 aromatic carbocycles. The van der Waals surface area contributed by atoms with Crippen LogP contribution >= 0.6 is 0 Å². The third-order valence-corrected chi connectivity index (χ3v) is 3.61. The first-order chi connectivity index (χ1) is 12.7. The van der Waals surface area contributed by atoms with Crippen LogP contribution in [0.25, 0.3) is 0 Å². The Balaban J connectivity index is 1.70.